The van der Waals surface area contributed by atoms with Gasteiger partial charge in [-0.2, -0.15) is 0 Å². The van der Waals surface area contributed by atoms with Gasteiger partial charge in [0.25, 0.3) is 5.91 Å². The highest BCUT2D eigenvalue weighted by molar-refractivity contribution is 7.91. The van der Waals surface area contributed by atoms with Crippen molar-refractivity contribution in [1.29, 1.82) is 0 Å². The van der Waals surface area contributed by atoms with E-state index in [9.17, 15) is 13.2 Å². The molecule has 0 unspecified atom stereocenters. The minimum absolute atomic E-state index is 0.00852. The highest BCUT2D eigenvalue weighted by Crippen LogP contribution is 2.24. The van der Waals surface area contributed by atoms with Gasteiger partial charge in [0.05, 0.1) is 23.7 Å². The fourth-order valence-electron chi connectivity index (χ4n) is 3.54. The first-order valence-electron chi connectivity index (χ1n) is 9.24. The summed E-state index contributed by atoms with van der Waals surface area (Å²) in [6, 6.07) is 6.77. The Morgan fingerprint density at radius 1 is 1.27 bits per heavy atom. The predicted molar refractivity (Wildman–Crippen MR) is 99.3 cm³/mol. The van der Waals surface area contributed by atoms with Crippen LogP contribution >= 0.6 is 0 Å². The fourth-order valence-corrected chi connectivity index (χ4v) is 5.27. The number of benzene rings is 1. The topological polar surface area (TPSA) is 72.9 Å². The fraction of sp³-hybridized carbons (Fsp3) is 0.632. The maximum Gasteiger partial charge on any atom is 0.254 e. The normalized spacial score (nSPS) is 24.7. The van der Waals surface area contributed by atoms with Crippen LogP contribution in [-0.2, 0) is 14.6 Å². The van der Waals surface area contributed by atoms with Gasteiger partial charge < -0.3 is 14.4 Å². The lowest BCUT2D eigenvalue weighted by molar-refractivity contribution is 0.0441. The Morgan fingerprint density at radius 3 is 2.54 bits per heavy atom. The SMILES string of the molecule is CC(C)Oc1ccc(C(=O)N(C[C@H]2CCCO2)[C@@H]2CCS(=O)(=O)C2)cc1. The molecule has 2 aliphatic heterocycles. The number of hydrogen-bond acceptors (Lipinski definition) is 5. The van der Waals surface area contributed by atoms with Crippen LogP contribution in [0.2, 0.25) is 0 Å². The van der Waals surface area contributed by atoms with Crippen molar-refractivity contribution in [3.63, 3.8) is 0 Å². The lowest BCUT2D eigenvalue weighted by atomic mass is 10.1. The van der Waals surface area contributed by atoms with E-state index in [1.54, 1.807) is 29.2 Å². The predicted octanol–water partition coefficient (Wildman–Crippen LogP) is 2.28. The van der Waals surface area contributed by atoms with Gasteiger partial charge in [0.1, 0.15) is 5.75 Å². The molecule has 1 aromatic carbocycles. The van der Waals surface area contributed by atoms with Gasteiger partial charge in [-0.15, -0.1) is 0 Å². The van der Waals surface area contributed by atoms with Crippen LogP contribution < -0.4 is 4.74 Å². The van der Waals surface area contributed by atoms with Crippen LogP contribution in [-0.4, -0.2) is 62.1 Å². The van der Waals surface area contributed by atoms with Crippen LogP contribution in [0.5, 0.6) is 5.75 Å². The number of nitrogens with zero attached hydrogens (tertiary/aromatic N) is 1. The summed E-state index contributed by atoms with van der Waals surface area (Å²) < 4.78 is 35.1. The molecule has 2 aliphatic rings. The summed E-state index contributed by atoms with van der Waals surface area (Å²) in [5, 5.41) is 0. The molecule has 1 aromatic rings. The highest BCUT2D eigenvalue weighted by atomic mass is 32.2. The van der Waals surface area contributed by atoms with Gasteiger partial charge in [0.15, 0.2) is 9.84 Å². The van der Waals surface area contributed by atoms with E-state index in [1.807, 2.05) is 13.8 Å². The Labute approximate surface area is 155 Å². The number of ether oxygens (including phenoxy) is 2. The second-order valence-corrected chi connectivity index (χ2v) is 9.57. The largest absolute Gasteiger partial charge is 0.491 e. The maximum atomic E-state index is 13.1. The van der Waals surface area contributed by atoms with E-state index in [0.29, 0.717) is 30.9 Å². The van der Waals surface area contributed by atoms with E-state index < -0.39 is 9.84 Å². The van der Waals surface area contributed by atoms with E-state index in [-0.39, 0.29) is 35.7 Å². The summed E-state index contributed by atoms with van der Waals surface area (Å²) in [7, 11) is -3.06. The monoisotopic (exact) mass is 381 g/mol. The third kappa shape index (κ3) is 4.76. The number of carbonyl (C=O) groups is 1. The van der Waals surface area contributed by atoms with Crippen molar-refractivity contribution in [2.24, 2.45) is 0 Å². The quantitative estimate of drug-likeness (QED) is 0.756. The van der Waals surface area contributed by atoms with Crippen LogP contribution in [0.25, 0.3) is 0 Å². The van der Waals surface area contributed by atoms with Crippen molar-refractivity contribution in [1.82, 2.24) is 4.90 Å². The Morgan fingerprint density at radius 2 is 2.00 bits per heavy atom. The summed E-state index contributed by atoms with van der Waals surface area (Å²) in [6.45, 7) is 5.05. The molecule has 3 rings (SSSR count). The molecule has 0 aliphatic carbocycles. The van der Waals surface area contributed by atoms with Crippen molar-refractivity contribution >= 4 is 15.7 Å². The van der Waals surface area contributed by atoms with E-state index in [2.05, 4.69) is 0 Å². The lowest BCUT2D eigenvalue weighted by Crippen LogP contribution is -2.45. The first kappa shape index (κ1) is 19.2. The van der Waals surface area contributed by atoms with Gasteiger partial charge in [-0.25, -0.2) is 8.42 Å². The molecule has 6 nitrogen and oxygen atoms in total. The van der Waals surface area contributed by atoms with E-state index in [1.165, 1.54) is 0 Å². The Hall–Kier alpha value is -1.60. The molecule has 0 spiro atoms. The minimum atomic E-state index is -3.06. The van der Waals surface area contributed by atoms with Crippen molar-refractivity contribution in [2.75, 3.05) is 24.7 Å². The number of amides is 1. The first-order valence-corrected chi connectivity index (χ1v) is 11.1. The molecule has 1 amide bonds. The van der Waals surface area contributed by atoms with E-state index in [0.717, 1.165) is 12.8 Å². The molecule has 26 heavy (non-hydrogen) atoms. The van der Waals surface area contributed by atoms with Gasteiger partial charge in [-0.3, -0.25) is 4.79 Å². The lowest BCUT2D eigenvalue weighted by Gasteiger charge is -2.30. The number of carbonyl (C=O) groups excluding carboxylic acids is 1. The average molecular weight is 381 g/mol. The smallest absolute Gasteiger partial charge is 0.254 e. The zero-order valence-corrected chi connectivity index (χ0v) is 16.2. The molecule has 0 saturated carbocycles. The van der Waals surface area contributed by atoms with Gasteiger partial charge in [0, 0.05) is 24.8 Å². The van der Waals surface area contributed by atoms with Gasteiger partial charge >= 0.3 is 0 Å². The third-order valence-electron chi connectivity index (χ3n) is 4.81. The highest BCUT2D eigenvalue weighted by Gasteiger charge is 2.36. The van der Waals surface area contributed by atoms with Crippen LogP contribution in [0, 0.1) is 0 Å². The summed E-state index contributed by atoms with van der Waals surface area (Å²) in [6.07, 6.45) is 2.44. The maximum absolute atomic E-state index is 13.1. The summed E-state index contributed by atoms with van der Waals surface area (Å²) in [5.41, 5.74) is 0.545. The second-order valence-electron chi connectivity index (χ2n) is 7.34. The molecule has 2 atom stereocenters. The molecule has 7 heteroatoms. The molecule has 2 heterocycles. The van der Waals surface area contributed by atoms with Crippen molar-refractivity contribution in [3.05, 3.63) is 29.8 Å². The minimum Gasteiger partial charge on any atom is -0.491 e. The molecule has 2 fully saturated rings. The van der Waals surface area contributed by atoms with Crippen molar-refractivity contribution in [3.8, 4) is 5.75 Å². The van der Waals surface area contributed by atoms with Crippen LogP contribution in [0.4, 0.5) is 0 Å². The molecule has 0 aromatic heterocycles. The molecular weight excluding hydrogens is 354 g/mol. The average Bonchev–Trinajstić information content (AvgIpc) is 3.21. The number of rotatable bonds is 6. The zero-order chi connectivity index (χ0) is 18.7. The van der Waals surface area contributed by atoms with E-state index in [4.69, 9.17) is 9.47 Å². The third-order valence-corrected chi connectivity index (χ3v) is 6.56. The van der Waals surface area contributed by atoms with E-state index >= 15 is 0 Å². The molecule has 0 radical (unpaired) electrons. The Balaban J connectivity index is 1.77. The van der Waals surface area contributed by atoms with Crippen LogP contribution in [0.3, 0.4) is 0 Å². The van der Waals surface area contributed by atoms with Gasteiger partial charge in [0.2, 0.25) is 0 Å². The summed E-state index contributed by atoms with van der Waals surface area (Å²) >= 11 is 0. The molecule has 0 N–H and O–H groups in total. The molecule has 2 saturated heterocycles. The molecule has 0 bridgehead atoms. The first-order chi connectivity index (χ1) is 12.3. The summed E-state index contributed by atoms with van der Waals surface area (Å²) in [4.78, 5) is 14.8. The van der Waals surface area contributed by atoms with Crippen LogP contribution in [0.15, 0.2) is 24.3 Å². The number of hydrogen-bond donors (Lipinski definition) is 0. The zero-order valence-electron chi connectivity index (χ0n) is 15.4. The summed E-state index contributed by atoms with van der Waals surface area (Å²) in [5.74, 6) is 0.762. The van der Waals surface area contributed by atoms with Crippen molar-refractivity contribution in [2.45, 2.75) is 51.4 Å². The molecule has 144 valence electrons. The Kier molecular flexibility index (Phi) is 5.87. The molecular formula is C19H27NO5S. The Bertz CT molecular complexity index is 723. The van der Waals surface area contributed by atoms with Gasteiger partial charge in [-0.05, 0) is 57.4 Å². The van der Waals surface area contributed by atoms with Gasteiger partial charge in [-0.1, -0.05) is 0 Å². The number of sulfone groups is 1. The second kappa shape index (κ2) is 7.96. The van der Waals surface area contributed by atoms with Crippen molar-refractivity contribution < 1.29 is 22.7 Å². The standard InChI is InChI=1S/C19H27NO5S/c1-14(2)25-17-7-5-15(6-8-17)19(21)20(12-18-4-3-10-24-18)16-9-11-26(22,23)13-16/h5-8,14,16,18H,3-4,9-13H2,1-2H3/t16-,18-/m1/s1. The van der Waals surface area contributed by atoms with Crippen LogP contribution in [0.1, 0.15) is 43.5 Å².